The van der Waals surface area contributed by atoms with Crippen LogP contribution in [0, 0.1) is 0 Å². The van der Waals surface area contributed by atoms with Crippen molar-refractivity contribution in [2.24, 2.45) is 5.73 Å². The highest BCUT2D eigenvalue weighted by Gasteiger charge is 2.38. The van der Waals surface area contributed by atoms with E-state index in [1.807, 2.05) is 10.9 Å². The quantitative estimate of drug-likeness (QED) is 0.849. The van der Waals surface area contributed by atoms with E-state index in [4.69, 9.17) is 15.2 Å². The summed E-state index contributed by atoms with van der Waals surface area (Å²) >= 11 is 0. The van der Waals surface area contributed by atoms with Gasteiger partial charge in [0.05, 0.1) is 11.8 Å². The highest BCUT2D eigenvalue weighted by atomic mass is 16.5. The summed E-state index contributed by atoms with van der Waals surface area (Å²) in [4.78, 5) is 0. The Morgan fingerprint density at radius 1 is 1.56 bits per heavy atom. The summed E-state index contributed by atoms with van der Waals surface area (Å²) in [6.07, 6.45) is 6.49. The fourth-order valence-corrected chi connectivity index (χ4v) is 2.57. The van der Waals surface area contributed by atoms with Gasteiger partial charge in [0.15, 0.2) is 0 Å². The van der Waals surface area contributed by atoms with Crippen LogP contribution in [0.5, 0.6) is 0 Å². The number of aryl methyl sites for hydroxylation is 1. The van der Waals surface area contributed by atoms with Gasteiger partial charge in [-0.3, -0.25) is 4.68 Å². The van der Waals surface area contributed by atoms with E-state index in [9.17, 15) is 0 Å². The number of nitrogens with zero attached hydrogens (tertiary/aromatic N) is 2. The monoisotopic (exact) mass is 253 g/mol. The maximum Gasteiger partial charge on any atom is 0.0875 e. The second-order valence-electron chi connectivity index (χ2n) is 4.90. The van der Waals surface area contributed by atoms with E-state index in [1.165, 1.54) is 5.56 Å². The van der Waals surface area contributed by atoms with Gasteiger partial charge in [0, 0.05) is 51.9 Å². The first-order chi connectivity index (χ1) is 8.70. The maximum atomic E-state index is 6.36. The van der Waals surface area contributed by atoms with Crippen LogP contribution in [0.1, 0.15) is 25.3 Å². The normalized spacial score (nSPS) is 20.8. The SMILES string of the molecule is CCn1cc(CC(N)C2(OC)CCOCC2)cn1. The molecule has 1 aromatic heterocycles. The van der Waals surface area contributed by atoms with Crippen molar-refractivity contribution in [1.82, 2.24) is 9.78 Å². The van der Waals surface area contributed by atoms with E-state index in [1.54, 1.807) is 7.11 Å². The van der Waals surface area contributed by atoms with Gasteiger partial charge >= 0.3 is 0 Å². The minimum atomic E-state index is -0.243. The number of hydrogen-bond donors (Lipinski definition) is 1. The van der Waals surface area contributed by atoms with Crippen LogP contribution < -0.4 is 5.73 Å². The minimum Gasteiger partial charge on any atom is -0.381 e. The maximum absolute atomic E-state index is 6.36. The molecule has 1 atom stereocenters. The van der Waals surface area contributed by atoms with Gasteiger partial charge in [-0.05, 0) is 18.9 Å². The van der Waals surface area contributed by atoms with Crippen molar-refractivity contribution in [3.05, 3.63) is 18.0 Å². The first kappa shape index (κ1) is 13.5. The zero-order valence-electron chi connectivity index (χ0n) is 11.3. The molecule has 0 radical (unpaired) electrons. The van der Waals surface area contributed by atoms with Crippen LogP contribution in [-0.2, 0) is 22.4 Å². The van der Waals surface area contributed by atoms with E-state index < -0.39 is 0 Å². The van der Waals surface area contributed by atoms with E-state index >= 15 is 0 Å². The molecule has 0 aromatic carbocycles. The Kier molecular flexibility index (Phi) is 4.37. The third kappa shape index (κ3) is 2.74. The molecule has 5 heteroatoms. The average molecular weight is 253 g/mol. The second kappa shape index (κ2) is 5.82. The van der Waals surface area contributed by atoms with Crippen molar-refractivity contribution in [3.8, 4) is 0 Å². The van der Waals surface area contributed by atoms with Crippen molar-refractivity contribution in [2.75, 3.05) is 20.3 Å². The number of nitrogens with two attached hydrogens (primary N) is 1. The van der Waals surface area contributed by atoms with Gasteiger partial charge in [0.25, 0.3) is 0 Å². The van der Waals surface area contributed by atoms with Gasteiger partial charge < -0.3 is 15.2 Å². The molecule has 5 nitrogen and oxygen atoms in total. The first-order valence-corrected chi connectivity index (χ1v) is 6.60. The molecule has 1 fully saturated rings. The zero-order chi connectivity index (χ0) is 13.0. The molecule has 1 aromatic rings. The zero-order valence-corrected chi connectivity index (χ0v) is 11.3. The Morgan fingerprint density at radius 2 is 2.28 bits per heavy atom. The Labute approximate surface area is 108 Å². The van der Waals surface area contributed by atoms with Crippen LogP contribution >= 0.6 is 0 Å². The lowest BCUT2D eigenvalue weighted by atomic mass is 9.83. The lowest BCUT2D eigenvalue weighted by Gasteiger charge is -2.40. The molecule has 18 heavy (non-hydrogen) atoms. The van der Waals surface area contributed by atoms with E-state index in [2.05, 4.69) is 18.2 Å². The molecule has 1 aliphatic rings. The number of rotatable bonds is 5. The predicted molar refractivity (Wildman–Crippen MR) is 69.4 cm³/mol. The average Bonchev–Trinajstić information content (AvgIpc) is 2.87. The fraction of sp³-hybridized carbons (Fsp3) is 0.769. The summed E-state index contributed by atoms with van der Waals surface area (Å²) in [6.45, 7) is 4.43. The summed E-state index contributed by atoms with van der Waals surface area (Å²) in [7, 11) is 1.75. The van der Waals surface area contributed by atoms with Gasteiger partial charge in [-0.15, -0.1) is 0 Å². The molecule has 0 saturated carbocycles. The number of ether oxygens (including phenoxy) is 2. The minimum absolute atomic E-state index is 0.0130. The third-order valence-corrected chi connectivity index (χ3v) is 3.89. The Hall–Kier alpha value is -0.910. The van der Waals surface area contributed by atoms with E-state index in [0.717, 1.165) is 39.0 Å². The first-order valence-electron chi connectivity index (χ1n) is 6.60. The van der Waals surface area contributed by atoms with E-state index in [-0.39, 0.29) is 11.6 Å². The van der Waals surface area contributed by atoms with Crippen molar-refractivity contribution in [1.29, 1.82) is 0 Å². The Morgan fingerprint density at radius 3 is 2.83 bits per heavy atom. The van der Waals surface area contributed by atoms with Crippen molar-refractivity contribution in [3.63, 3.8) is 0 Å². The molecular weight excluding hydrogens is 230 g/mol. The topological polar surface area (TPSA) is 62.3 Å². The van der Waals surface area contributed by atoms with Crippen LogP contribution in [0.15, 0.2) is 12.4 Å². The summed E-state index contributed by atoms with van der Waals surface area (Å²) in [6, 6.07) is -0.0130. The fourth-order valence-electron chi connectivity index (χ4n) is 2.57. The molecule has 2 N–H and O–H groups in total. The van der Waals surface area contributed by atoms with Crippen LogP contribution in [0.25, 0.3) is 0 Å². The molecule has 0 spiro atoms. The highest BCUT2D eigenvalue weighted by molar-refractivity contribution is 5.09. The van der Waals surface area contributed by atoms with Gasteiger partial charge in [0.1, 0.15) is 0 Å². The molecule has 0 amide bonds. The molecule has 0 bridgehead atoms. The Balaban J connectivity index is 2.02. The molecule has 0 aliphatic carbocycles. The number of aromatic nitrogens is 2. The smallest absolute Gasteiger partial charge is 0.0875 e. The summed E-state index contributed by atoms with van der Waals surface area (Å²) in [5, 5.41) is 4.28. The molecular formula is C13H23N3O2. The third-order valence-electron chi connectivity index (χ3n) is 3.89. The van der Waals surface area contributed by atoms with Crippen molar-refractivity contribution in [2.45, 2.75) is 44.4 Å². The molecule has 1 aliphatic heterocycles. The standard InChI is InChI=1S/C13H23N3O2/c1-3-16-10-11(9-15-16)8-12(14)13(17-2)4-6-18-7-5-13/h9-10,12H,3-8,14H2,1-2H3. The predicted octanol–water partition coefficient (Wildman–Crippen LogP) is 0.968. The number of methoxy groups -OCH3 is 1. The molecule has 2 heterocycles. The van der Waals surface area contributed by atoms with Crippen molar-refractivity contribution >= 4 is 0 Å². The summed E-state index contributed by atoms with van der Waals surface area (Å²) < 4.78 is 13.0. The molecule has 102 valence electrons. The molecule has 1 unspecified atom stereocenters. The van der Waals surface area contributed by atoms with Crippen LogP contribution in [0.4, 0.5) is 0 Å². The van der Waals surface area contributed by atoms with Crippen LogP contribution in [0.3, 0.4) is 0 Å². The Bertz CT molecular complexity index is 372. The summed E-state index contributed by atoms with van der Waals surface area (Å²) in [5.41, 5.74) is 7.29. The molecule has 1 saturated heterocycles. The van der Waals surface area contributed by atoms with Gasteiger partial charge in [-0.1, -0.05) is 0 Å². The molecule has 2 rings (SSSR count). The highest BCUT2D eigenvalue weighted by Crippen LogP contribution is 2.28. The summed E-state index contributed by atoms with van der Waals surface area (Å²) in [5.74, 6) is 0. The largest absolute Gasteiger partial charge is 0.381 e. The second-order valence-corrected chi connectivity index (χ2v) is 4.90. The lowest BCUT2D eigenvalue weighted by molar-refractivity contribution is -0.103. The van der Waals surface area contributed by atoms with Gasteiger partial charge in [0.2, 0.25) is 0 Å². The lowest BCUT2D eigenvalue weighted by Crippen LogP contribution is -2.53. The van der Waals surface area contributed by atoms with Gasteiger partial charge in [-0.25, -0.2) is 0 Å². The number of hydrogen-bond acceptors (Lipinski definition) is 4. The van der Waals surface area contributed by atoms with Crippen LogP contribution in [-0.4, -0.2) is 41.7 Å². The van der Waals surface area contributed by atoms with Gasteiger partial charge in [-0.2, -0.15) is 5.10 Å². The van der Waals surface area contributed by atoms with Crippen molar-refractivity contribution < 1.29 is 9.47 Å². The van der Waals surface area contributed by atoms with Crippen LogP contribution in [0.2, 0.25) is 0 Å². The van der Waals surface area contributed by atoms with E-state index in [0.29, 0.717) is 0 Å².